The number of hydrogen-bond donors (Lipinski definition) is 1. The van der Waals surface area contributed by atoms with Crippen LogP contribution in [0.25, 0.3) is 29.2 Å². The maximum absolute atomic E-state index is 13.3. The summed E-state index contributed by atoms with van der Waals surface area (Å²) >= 11 is 0. The molecule has 0 amide bonds. The Morgan fingerprint density at radius 3 is 2.47 bits per heavy atom. The minimum Gasteiger partial charge on any atom is -0.352 e. The summed E-state index contributed by atoms with van der Waals surface area (Å²) in [5, 5.41) is 6.00. The molecule has 3 aliphatic carbocycles. The highest BCUT2D eigenvalue weighted by molar-refractivity contribution is 5.70. The van der Waals surface area contributed by atoms with Crippen LogP contribution in [0.4, 0.5) is 24.5 Å². The molecular weight excluding hydrogens is 487 g/mol. The Morgan fingerprint density at radius 2 is 1.74 bits per heavy atom. The lowest BCUT2D eigenvalue weighted by Gasteiger charge is -2.22. The fourth-order valence-electron chi connectivity index (χ4n) is 5.34. The van der Waals surface area contributed by atoms with E-state index in [2.05, 4.69) is 22.5 Å². The Hall–Kier alpha value is -3.94. The number of hydrogen-bond acceptors (Lipinski definition) is 4. The lowest BCUT2D eigenvalue weighted by atomic mass is 9.96. The molecule has 1 aromatic heterocycles. The van der Waals surface area contributed by atoms with Crippen LogP contribution in [0.5, 0.6) is 0 Å². The third-order valence-corrected chi connectivity index (χ3v) is 7.21. The van der Waals surface area contributed by atoms with Crippen molar-refractivity contribution in [3.05, 3.63) is 82.5 Å². The fraction of sp³-hybridized carbons (Fsp3) is 0.300. The quantitative estimate of drug-likeness (QED) is 0.378. The summed E-state index contributed by atoms with van der Waals surface area (Å²) in [6.45, 7) is 0. The minimum atomic E-state index is -4.39. The summed E-state index contributed by atoms with van der Waals surface area (Å²) in [7, 11) is 0. The molecule has 1 saturated carbocycles. The molecule has 38 heavy (non-hydrogen) atoms. The molecule has 2 heterocycles. The second-order valence-corrected chi connectivity index (χ2v) is 9.89. The molecule has 6 rings (SSSR count). The molecule has 0 saturated heterocycles. The summed E-state index contributed by atoms with van der Waals surface area (Å²) < 4.78 is 41.9. The predicted molar refractivity (Wildman–Crippen MR) is 143 cm³/mol. The highest BCUT2D eigenvalue weighted by Crippen LogP contribution is 2.30. The number of benzene rings is 2. The van der Waals surface area contributed by atoms with E-state index in [9.17, 15) is 13.2 Å². The summed E-state index contributed by atoms with van der Waals surface area (Å²) in [5.74, 6) is 0. The highest BCUT2D eigenvalue weighted by atomic mass is 19.4. The fourth-order valence-corrected chi connectivity index (χ4v) is 5.34. The van der Waals surface area contributed by atoms with Crippen LogP contribution in [-0.2, 0) is 6.18 Å². The molecule has 8 heteroatoms. The van der Waals surface area contributed by atoms with E-state index in [1.807, 2.05) is 28.8 Å². The van der Waals surface area contributed by atoms with Gasteiger partial charge in [0.05, 0.1) is 56.6 Å². The third kappa shape index (κ3) is 4.95. The zero-order chi connectivity index (χ0) is 26.1. The smallest absolute Gasteiger partial charge is 0.352 e. The Balaban J connectivity index is 1.59. The van der Waals surface area contributed by atoms with Crippen molar-refractivity contribution in [1.82, 2.24) is 14.5 Å². The lowest BCUT2D eigenvalue weighted by molar-refractivity contribution is -0.137. The number of halogens is 3. The van der Waals surface area contributed by atoms with Gasteiger partial charge in [-0.1, -0.05) is 31.4 Å². The molecule has 194 valence electrons. The monoisotopic (exact) mass is 515 g/mol. The van der Waals surface area contributed by atoms with Gasteiger partial charge in [0, 0.05) is 11.9 Å². The molecule has 1 aromatic carbocycles. The molecule has 1 aliphatic heterocycles. The van der Waals surface area contributed by atoms with Gasteiger partial charge >= 0.3 is 6.18 Å². The van der Waals surface area contributed by atoms with E-state index in [0.29, 0.717) is 5.69 Å². The molecule has 5 nitrogen and oxygen atoms in total. The van der Waals surface area contributed by atoms with Crippen molar-refractivity contribution in [3.8, 4) is 17.1 Å². The van der Waals surface area contributed by atoms with E-state index in [1.165, 1.54) is 31.4 Å². The van der Waals surface area contributed by atoms with Gasteiger partial charge in [0.2, 0.25) is 0 Å². The van der Waals surface area contributed by atoms with Crippen molar-refractivity contribution < 1.29 is 13.2 Å². The van der Waals surface area contributed by atoms with E-state index in [1.54, 1.807) is 12.4 Å². The van der Waals surface area contributed by atoms with Crippen LogP contribution in [0.3, 0.4) is 0 Å². The second kappa shape index (κ2) is 10.1. The van der Waals surface area contributed by atoms with Gasteiger partial charge in [0.1, 0.15) is 0 Å². The van der Waals surface area contributed by atoms with Crippen molar-refractivity contribution in [3.63, 3.8) is 0 Å². The maximum Gasteiger partial charge on any atom is 0.416 e. The van der Waals surface area contributed by atoms with E-state index < -0.39 is 11.7 Å². The predicted octanol–water partition coefficient (Wildman–Crippen LogP) is 5.72. The first-order chi connectivity index (χ1) is 18.5. The molecular formula is C30H28F3N5. The summed E-state index contributed by atoms with van der Waals surface area (Å²) in [4.78, 5) is 14.4. The van der Waals surface area contributed by atoms with Gasteiger partial charge < -0.3 is 9.88 Å². The van der Waals surface area contributed by atoms with E-state index in [4.69, 9.17) is 9.98 Å². The number of pyridine rings is 1. The van der Waals surface area contributed by atoms with E-state index in [0.717, 1.165) is 76.6 Å². The molecule has 2 aromatic rings. The van der Waals surface area contributed by atoms with Gasteiger partial charge in [0.15, 0.2) is 0 Å². The zero-order valence-electron chi connectivity index (χ0n) is 20.9. The van der Waals surface area contributed by atoms with E-state index in [-0.39, 0.29) is 6.04 Å². The number of rotatable bonds is 4. The Kier molecular flexibility index (Phi) is 6.47. The number of alkyl halides is 3. The molecule has 0 spiro atoms. The average molecular weight is 516 g/mol. The van der Waals surface area contributed by atoms with Gasteiger partial charge in [-0.25, -0.2) is 4.98 Å². The summed E-state index contributed by atoms with van der Waals surface area (Å²) in [6, 6.07) is 13.4. The molecule has 0 unspecified atom stereocenters. The van der Waals surface area contributed by atoms with Crippen LogP contribution in [-0.4, -0.2) is 20.6 Å². The SMILES string of the molecule is FC(F)(F)c1ccc(-n2c3cc(=NC4CCCCC4)c(Nc4cccnc4)cc-3nc3c2=CCCC=3)cc1. The Bertz CT molecular complexity index is 1600. The molecule has 0 radical (unpaired) electrons. The molecule has 1 N–H and O–H groups in total. The summed E-state index contributed by atoms with van der Waals surface area (Å²) in [5.41, 5.74) is 3.22. The largest absolute Gasteiger partial charge is 0.416 e. The highest BCUT2D eigenvalue weighted by Gasteiger charge is 2.30. The number of nitrogens with one attached hydrogen (secondary N) is 1. The molecule has 4 aliphatic rings. The first kappa shape index (κ1) is 24.4. The van der Waals surface area contributed by atoms with Gasteiger partial charge in [-0.05, 0) is 74.2 Å². The van der Waals surface area contributed by atoms with Gasteiger partial charge in [-0.15, -0.1) is 0 Å². The number of nitrogens with zero attached hydrogens (tertiary/aromatic N) is 4. The van der Waals surface area contributed by atoms with Crippen LogP contribution in [0.1, 0.15) is 50.5 Å². The topological polar surface area (TPSA) is 55.1 Å². The number of aromatic nitrogens is 3. The molecule has 0 atom stereocenters. The molecule has 1 fully saturated rings. The van der Waals surface area contributed by atoms with Crippen molar-refractivity contribution in [2.24, 2.45) is 4.99 Å². The van der Waals surface area contributed by atoms with Crippen LogP contribution in [0.2, 0.25) is 0 Å². The van der Waals surface area contributed by atoms with Crippen molar-refractivity contribution in [1.29, 1.82) is 0 Å². The third-order valence-electron chi connectivity index (χ3n) is 7.21. The van der Waals surface area contributed by atoms with Crippen LogP contribution >= 0.6 is 0 Å². The van der Waals surface area contributed by atoms with Crippen molar-refractivity contribution in [2.45, 2.75) is 57.2 Å². The Morgan fingerprint density at radius 1 is 0.947 bits per heavy atom. The van der Waals surface area contributed by atoms with E-state index >= 15 is 0 Å². The Labute approximate surface area is 218 Å². The number of fused-ring (bicyclic) bond motifs is 2. The summed E-state index contributed by atoms with van der Waals surface area (Å²) in [6.07, 6.45) is 10.7. The van der Waals surface area contributed by atoms with Crippen LogP contribution in [0, 0.1) is 0 Å². The first-order valence-electron chi connectivity index (χ1n) is 13.1. The first-order valence-corrected chi connectivity index (χ1v) is 13.1. The lowest BCUT2D eigenvalue weighted by Crippen LogP contribution is -2.40. The second-order valence-electron chi connectivity index (χ2n) is 9.89. The van der Waals surface area contributed by atoms with Gasteiger partial charge in [-0.2, -0.15) is 13.2 Å². The zero-order valence-corrected chi connectivity index (χ0v) is 20.9. The van der Waals surface area contributed by atoms with Gasteiger partial charge in [0.25, 0.3) is 0 Å². The van der Waals surface area contributed by atoms with Crippen LogP contribution in [0.15, 0.2) is 65.9 Å². The molecule has 0 bridgehead atoms. The van der Waals surface area contributed by atoms with Crippen molar-refractivity contribution in [2.75, 3.05) is 5.32 Å². The van der Waals surface area contributed by atoms with Gasteiger partial charge in [-0.3, -0.25) is 9.98 Å². The maximum atomic E-state index is 13.3. The van der Waals surface area contributed by atoms with Crippen molar-refractivity contribution >= 4 is 23.5 Å². The average Bonchev–Trinajstić information content (AvgIpc) is 2.93. The standard InChI is InChI=1S/C30H28F3N5/c31-30(32,33)20-12-14-23(15-13-20)38-28-11-5-4-10-24(28)37-27-17-25(36-22-9-6-16-34-19-22)26(18-29(27)38)35-21-7-2-1-3-8-21/h6,9-19,21,36H,1-5,7-8H2. The minimum absolute atomic E-state index is 0.237. The number of anilines is 2. The van der Waals surface area contributed by atoms with Crippen LogP contribution < -0.4 is 21.4 Å². The normalized spacial score (nSPS) is 16.6.